The number of ether oxygens (including phenoxy) is 6. The lowest BCUT2D eigenvalue weighted by molar-refractivity contribution is -0.149. The summed E-state index contributed by atoms with van der Waals surface area (Å²) in [6, 6.07) is 5.33. The second-order valence-electron chi connectivity index (χ2n) is 11.9. The Labute approximate surface area is 316 Å². The molecule has 0 aliphatic heterocycles. The number of nitrogens with one attached hydrogen (secondary N) is 5. The van der Waals surface area contributed by atoms with Crippen molar-refractivity contribution in [3.63, 3.8) is 0 Å². The molecule has 0 aliphatic rings. The summed E-state index contributed by atoms with van der Waals surface area (Å²) >= 11 is 0. The van der Waals surface area contributed by atoms with Gasteiger partial charge in [-0.3, -0.25) is 19.2 Å². The zero-order chi connectivity index (χ0) is 40.0. The largest absolute Gasteiger partial charge is 0.466 e. The summed E-state index contributed by atoms with van der Waals surface area (Å²) in [5.41, 5.74) is 0.697. The topological polar surface area (TPSA) is 235 Å². The van der Waals surface area contributed by atoms with Crippen molar-refractivity contribution in [1.82, 2.24) is 26.6 Å². The summed E-state index contributed by atoms with van der Waals surface area (Å²) in [5, 5.41) is 12.8. The van der Waals surface area contributed by atoms with E-state index in [2.05, 4.69) is 26.6 Å². The molecule has 0 saturated heterocycles. The van der Waals surface area contributed by atoms with Crippen LogP contribution in [-0.2, 0) is 58.8 Å². The van der Waals surface area contributed by atoms with Crippen LogP contribution >= 0.6 is 0 Å². The first-order valence-electron chi connectivity index (χ1n) is 18.1. The van der Waals surface area contributed by atoms with E-state index in [1.807, 2.05) is 6.92 Å². The van der Waals surface area contributed by atoms with Gasteiger partial charge in [-0.25, -0.2) is 14.4 Å². The lowest BCUT2D eigenvalue weighted by atomic mass is 10.0. The fourth-order valence-corrected chi connectivity index (χ4v) is 4.57. The third kappa shape index (κ3) is 22.2. The fourth-order valence-electron chi connectivity index (χ4n) is 4.57. The van der Waals surface area contributed by atoms with Crippen LogP contribution in [0.5, 0.6) is 0 Å². The van der Waals surface area contributed by atoms with Gasteiger partial charge in [-0.2, -0.15) is 0 Å². The molecule has 0 bridgehead atoms. The first kappa shape index (κ1) is 47.1. The summed E-state index contributed by atoms with van der Waals surface area (Å²) in [5.74, 6) is -3.40. The van der Waals surface area contributed by atoms with Gasteiger partial charge >= 0.3 is 24.1 Å². The number of carbonyl (C=O) groups excluding carboxylic acids is 7. The van der Waals surface area contributed by atoms with E-state index in [0.29, 0.717) is 31.2 Å². The maximum atomic E-state index is 13.6. The quantitative estimate of drug-likeness (QED) is 0.0460. The van der Waals surface area contributed by atoms with Crippen LogP contribution in [0.3, 0.4) is 0 Å². The lowest BCUT2D eigenvalue weighted by Crippen LogP contribution is -2.55. The first-order chi connectivity index (χ1) is 26.0. The number of methoxy groups -OCH3 is 2. The van der Waals surface area contributed by atoms with Crippen molar-refractivity contribution in [3.8, 4) is 0 Å². The van der Waals surface area contributed by atoms with Gasteiger partial charge in [0.25, 0.3) is 0 Å². The van der Waals surface area contributed by atoms with Crippen LogP contribution in [0.15, 0.2) is 30.3 Å². The molecule has 5 amide bonds. The van der Waals surface area contributed by atoms with Gasteiger partial charge in [-0.05, 0) is 44.1 Å². The number of esters is 2. The molecule has 0 saturated carbocycles. The van der Waals surface area contributed by atoms with Crippen LogP contribution in [-0.4, -0.2) is 127 Å². The van der Waals surface area contributed by atoms with Crippen molar-refractivity contribution < 1.29 is 62.0 Å². The molecule has 1 rings (SSSR count). The Kier molecular flexibility index (Phi) is 25.7. The SMILES string of the molecule is CCCOC(=O)CCC(NC(=O)CNC(=O)C(Cc1ccccc1)NC(=O)C(CCCCNC(=O)OCCOC)NC(=O)OCCOC)C(=O)OCCC. The van der Waals surface area contributed by atoms with Gasteiger partial charge in [0.15, 0.2) is 0 Å². The Morgan fingerprint density at radius 1 is 0.611 bits per heavy atom. The lowest BCUT2D eigenvalue weighted by Gasteiger charge is -2.23. The van der Waals surface area contributed by atoms with Gasteiger partial charge < -0.3 is 55.0 Å². The van der Waals surface area contributed by atoms with E-state index in [9.17, 15) is 33.6 Å². The molecule has 0 spiro atoms. The third-order valence-electron chi connectivity index (χ3n) is 7.35. The summed E-state index contributed by atoms with van der Waals surface area (Å²) in [4.78, 5) is 89.0. The molecule has 0 aliphatic carbocycles. The normalized spacial score (nSPS) is 12.2. The molecular weight excluding hydrogens is 710 g/mol. The van der Waals surface area contributed by atoms with Crippen LogP contribution in [0, 0.1) is 0 Å². The third-order valence-corrected chi connectivity index (χ3v) is 7.35. The number of carbonyl (C=O) groups is 7. The zero-order valence-corrected chi connectivity index (χ0v) is 31.7. The van der Waals surface area contributed by atoms with Crippen molar-refractivity contribution in [2.24, 2.45) is 0 Å². The monoisotopic (exact) mass is 767 g/mol. The highest BCUT2D eigenvalue weighted by molar-refractivity contribution is 5.93. The fraction of sp³-hybridized carbons (Fsp3) is 0.639. The predicted molar refractivity (Wildman–Crippen MR) is 194 cm³/mol. The van der Waals surface area contributed by atoms with Crippen LogP contribution < -0.4 is 26.6 Å². The van der Waals surface area contributed by atoms with E-state index >= 15 is 0 Å². The van der Waals surface area contributed by atoms with E-state index in [4.69, 9.17) is 28.4 Å². The molecule has 3 atom stereocenters. The predicted octanol–water partition coefficient (Wildman–Crippen LogP) is 1.29. The molecule has 54 heavy (non-hydrogen) atoms. The van der Waals surface area contributed by atoms with Crippen molar-refractivity contribution in [3.05, 3.63) is 35.9 Å². The molecule has 18 nitrogen and oxygen atoms in total. The molecule has 0 fully saturated rings. The number of hydrogen-bond donors (Lipinski definition) is 5. The number of amides is 5. The van der Waals surface area contributed by atoms with Gasteiger partial charge in [0.2, 0.25) is 17.7 Å². The number of unbranched alkanes of at least 4 members (excludes halogenated alkanes) is 1. The van der Waals surface area contributed by atoms with Crippen LogP contribution in [0.25, 0.3) is 0 Å². The van der Waals surface area contributed by atoms with Gasteiger partial charge in [0, 0.05) is 33.6 Å². The number of rotatable bonds is 28. The second kappa shape index (κ2) is 29.5. The van der Waals surface area contributed by atoms with Gasteiger partial charge in [0.1, 0.15) is 31.3 Å². The standard InChI is InChI=1S/C36H57N5O13/c1-5-18-51-31(43)16-15-28(34(46)52-19-6-2)39-30(42)25-38-32(44)29(24-26-12-8-7-9-13-26)40-33(45)27(41-36(48)54-23-21-50-4)14-10-11-17-37-35(47)53-22-20-49-3/h7-9,12-13,27-29H,5-6,10-11,14-25H2,1-4H3,(H,37,47)(H,38,44)(H,39,42)(H,40,45)(H,41,48). The molecule has 304 valence electrons. The highest BCUT2D eigenvalue weighted by Gasteiger charge is 2.29. The van der Waals surface area contributed by atoms with Gasteiger partial charge in [0.05, 0.1) is 33.0 Å². The molecule has 1 aromatic rings. The van der Waals surface area contributed by atoms with Crippen LogP contribution in [0.1, 0.15) is 64.4 Å². The van der Waals surface area contributed by atoms with E-state index in [1.54, 1.807) is 37.3 Å². The minimum atomic E-state index is -1.19. The molecule has 5 N–H and O–H groups in total. The molecule has 18 heteroatoms. The summed E-state index contributed by atoms with van der Waals surface area (Å²) in [7, 11) is 2.92. The Morgan fingerprint density at radius 3 is 1.91 bits per heavy atom. The zero-order valence-electron chi connectivity index (χ0n) is 31.7. The Morgan fingerprint density at radius 2 is 1.26 bits per heavy atom. The van der Waals surface area contributed by atoms with Crippen molar-refractivity contribution in [1.29, 1.82) is 0 Å². The molecule has 0 aromatic heterocycles. The summed E-state index contributed by atoms with van der Waals surface area (Å²) < 4.78 is 30.0. The molecule has 0 radical (unpaired) electrons. The van der Waals surface area contributed by atoms with E-state index in [1.165, 1.54) is 14.2 Å². The first-order valence-corrected chi connectivity index (χ1v) is 18.1. The molecule has 1 aromatic carbocycles. The van der Waals surface area contributed by atoms with E-state index < -0.39 is 66.5 Å². The van der Waals surface area contributed by atoms with Crippen molar-refractivity contribution in [2.45, 2.75) is 83.3 Å². The van der Waals surface area contributed by atoms with Gasteiger partial charge in [-0.15, -0.1) is 0 Å². The smallest absolute Gasteiger partial charge is 0.407 e. The summed E-state index contributed by atoms with van der Waals surface area (Å²) in [6.45, 7) is 4.08. The minimum absolute atomic E-state index is 0.0337. The maximum Gasteiger partial charge on any atom is 0.407 e. The van der Waals surface area contributed by atoms with Crippen molar-refractivity contribution in [2.75, 3.05) is 67.0 Å². The highest BCUT2D eigenvalue weighted by atomic mass is 16.6. The Balaban J connectivity index is 3.00. The second-order valence-corrected chi connectivity index (χ2v) is 11.9. The minimum Gasteiger partial charge on any atom is -0.466 e. The molecular formula is C36H57N5O13. The van der Waals surface area contributed by atoms with Crippen LogP contribution in [0.2, 0.25) is 0 Å². The maximum absolute atomic E-state index is 13.6. The highest BCUT2D eigenvalue weighted by Crippen LogP contribution is 2.08. The number of alkyl carbamates (subject to hydrolysis) is 2. The summed E-state index contributed by atoms with van der Waals surface area (Å²) in [6.07, 6.45) is 0.419. The average Bonchev–Trinajstić information content (AvgIpc) is 3.16. The van der Waals surface area contributed by atoms with Crippen molar-refractivity contribution >= 4 is 41.8 Å². The Bertz CT molecular complexity index is 1280. The van der Waals surface area contributed by atoms with E-state index in [0.717, 1.165) is 0 Å². The molecule has 3 unspecified atom stereocenters. The number of hydrogen-bond acceptors (Lipinski definition) is 13. The Hall–Kier alpha value is -4.97. The average molecular weight is 768 g/mol. The number of benzene rings is 1. The molecule has 0 heterocycles. The van der Waals surface area contributed by atoms with E-state index in [-0.39, 0.29) is 71.9 Å². The van der Waals surface area contributed by atoms with Gasteiger partial charge in [-0.1, -0.05) is 44.2 Å². The van der Waals surface area contributed by atoms with Crippen LogP contribution in [0.4, 0.5) is 9.59 Å².